The molecular formula is C22H29NO3S. The van der Waals surface area contributed by atoms with Gasteiger partial charge in [0.05, 0.1) is 5.70 Å². The van der Waals surface area contributed by atoms with E-state index < -0.39 is 6.61 Å². The van der Waals surface area contributed by atoms with Crippen LogP contribution in [0.2, 0.25) is 0 Å². The summed E-state index contributed by atoms with van der Waals surface area (Å²) >= 11 is 3.91. The number of unbranched alkanes of at least 4 members (excludes halogenated alkanes) is 1. The summed E-state index contributed by atoms with van der Waals surface area (Å²) in [4.78, 5) is 11.9. The smallest absolute Gasteiger partial charge is 0.224 e. The molecule has 5 heteroatoms. The monoisotopic (exact) mass is 387 g/mol. The lowest BCUT2D eigenvalue weighted by Crippen LogP contribution is -2.23. The third-order valence-corrected chi connectivity index (χ3v) is 4.06. The summed E-state index contributed by atoms with van der Waals surface area (Å²) in [6.45, 7) is 3.47. The predicted octanol–water partition coefficient (Wildman–Crippen LogP) is 4.90. The number of benzene rings is 2. The van der Waals surface area contributed by atoms with E-state index in [1.807, 2.05) is 26.0 Å². The van der Waals surface area contributed by atoms with Crippen LogP contribution in [0, 0.1) is 0 Å². The SMILES string of the molecule is CC.O=C(CCCCc1ccc2ccccc2c1)NC(/C=C\S)=C(\O)CO. The molecule has 27 heavy (non-hydrogen) atoms. The lowest BCUT2D eigenvalue weighted by molar-refractivity contribution is -0.120. The molecule has 0 atom stereocenters. The van der Waals surface area contributed by atoms with E-state index >= 15 is 0 Å². The maximum Gasteiger partial charge on any atom is 0.224 e. The molecule has 0 spiro atoms. The first-order chi connectivity index (χ1) is 13.1. The van der Waals surface area contributed by atoms with Crippen molar-refractivity contribution in [2.24, 2.45) is 0 Å². The van der Waals surface area contributed by atoms with E-state index in [0.29, 0.717) is 6.42 Å². The Morgan fingerprint density at radius 1 is 1.11 bits per heavy atom. The van der Waals surface area contributed by atoms with Crippen LogP contribution in [0.4, 0.5) is 0 Å². The summed E-state index contributed by atoms with van der Waals surface area (Å²) < 4.78 is 0. The highest BCUT2D eigenvalue weighted by atomic mass is 32.1. The van der Waals surface area contributed by atoms with Crippen LogP contribution in [0.5, 0.6) is 0 Å². The molecule has 4 nitrogen and oxygen atoms in total. The Kier molecular flexibility index (Phi) is 11.0. The second kappa shape index (κ2) is 13.0. The van der Waals surface area contributed by atoms with Gasteiger partial charge in [-0.25, -0.2) is 0 Å². The molecule has 2 aromatic rings. The van der Waals surface area contributed by atoms with Gasteiger partial charge in [0, 0.05) is 6.42 Å². The van der Waals surface area contributed by atoms with Gasteiger partial charge in [-0.05, 0) is 47.1 Å². The van der Waals surface area contributed by atoms with Crippen molar-refractivity contribution in [1.29, 1.82) is 0 Å². The van der Waals surface area contributed by atoms with Gasteiger partial charge in [-0.15, -0.1) is 0 Å². The number of amides is 1. The van der Waals surface area contributed by atoms with Gasteiger partial charge in [0.15, 0.2) is 0 Å². The third-order valence-electron chi connectivity index (χ3n) is 3.91. The van der Waals surface area contributed by atoms with Crippen molar-refractivity contribution >= 4 is 29.3 Å². The van der Waals surface area contributed by atoms with Crippen molar-refractivity contribution in [2.45, 2.75) is 39.5 Å². The Bertz CT molecular complexity index is 784. The van der Waals surface area contributed by atoms with Crippen molar-refractivity contribution in [2.75, 3.05) is 6.61 Å². The number of rotatable bonds is 8. The average Bonchev–Trinajstić information content (AvgIpc) is 2.71. The lowest BCUT2D eigenvalue weighted by Gasteiger charge is -2.08. The highest BCUT2D eigenvalue weighted by Crippen LogP contribution is 2.17. The molecule has 1 amide bonds. The van der Waals surface area contributed by atoms with E-state index in [0.717, 1.165) is 19.3 Å². The highest BCUT2D eigenvalue weighted by Gasteiger charge is 2.07. The van der Waals surface area contributed by atoms with Crippen LogP contribution in [-0.4, -0.2) is 22.7 Å². The molecule has 0 saturated heterocycles. The maximum atomic E-state index is 11.9. The number of aryl methyl sites for hydroxylation is 1. The minimum absolute atomic E-state index is 0.178. The average molecular weight is 388 g/mol. The van der Waals surface area contributed by atoms with E-state index in [1.165, 1.54) is 27.8 Å². The number of fused-ring (bicyclic) bond motifs is 1. The van der Waals surface area contributed by atoms with E-state index in [2.05, 4.69) is 48.3 Å². The summed E-state index contributed by atoms with van der Waals surface area (Å²) in [5.74, 6) is -0.477. The number of hydrogen-bond acceptors (Lipinski definition) is 4. The van der Waals surface area contributed by atoms with Crippen molar-refractivity contribution in [3.8, 4) is 0 Å². The topological polar surface area (TPSA) is 69.6 Å². The van der Waals surface area contributed by atoms with Crippen LogP contribution in [-0.2, 0) is 11.2 Å². The number of aliphatic hydroxyl groups excluding tert-OH is 2. The molecule has 0 aromatic heterocycles. The summed E-state index contributed by atoms with van der Waals surface area (Å²) in [6, 6.07) is 14.7. The number of allylic oxidation sites excluding steroid dienone is 1. The van der Waals surface area contributed by atoms with E-state index in [1.54, 1.807) is 0 Å². The Hall–Kier alpha value is -2.24. The summed E-state index contributed by atoms with van der Waals surface area (Å²) in [7, 11) is 0. The number of hydrogen-bond donors (Lipinski definition) is 4. The fourth-order valence-corrected chi connectivity index (χ4v) is 2.74. The zero-order valence-corrected chi connectivity index (χ0v) is 16.9. The normalized spacial score (nSPS) is 11.7. The van der Waals surface area contributed by atoms with Gasteiger partial charge in [-0.2, -0.15) is 12.6 Å². The van der Waals surface area contributed by atoms with Gasteiger partial charge in [0.1, 0.15) is 12.4 Å². The quantitative estimate of drug-likeness (QED) is 0.225. The van der Waals surface area contributed by atoms with Gasteiger partial charge in [0.2, 0.25) is 5.91 Å². The zero-order valence-electron chi connectivity index (χ0n) is 16.0. The molecule has 0 saturated carbocycles. The van der Waals surface area contributed by atoms with Crippen LogP contribution in [0.3, 0.4) is 0 Å². The Labute approximate surface area is 167 Å². The Morgan fingerprint density at radius 3 is 2.48 bits per heavy atom. The number of thiol groups is 1. The van der Waals surface area contributed by atoms with E-state index in [-0.39, 0.29) is 17.4 Å². The Balaban J connectivity index is 0.00000176. The molecule has 0 fully saturated rings. The van der Waals surface area contributed by atoms with Crippen LogP contribution < -0.4 is 5.32 Å². The van der Waals surface area contributed by atoms with Gasteiger partial charge < -0.3 is 15.5 Å². The maximum absolute atomic E-state index is 11.9. The first-order valence-electron chi connectivity index (χ1n) is 9.25. The second-order valence-electron chi connectivity index (χ2n) is 5.77. The predicted molar refractivity (Wildman–Crippen MR) is 116 cm³/mol. The fourth-order valence-electron chi connectivity index (χ4n) is 2.59. The largest absolute Gasteiger partial charge is 0.508 e. The first-order valence-corrected chi connectivity index (χ1v) is 9.77. The Morgan fingerprint density at radius 2 is 1.81 bits per heavy atom. The first kappa shape index (κ1) is 22.8. The molecule has 0 aliphatic heterocycles. The van der Waals surface area contributed by atoms with Gasteiger partial charge in [-0.1, -0.05) is 56.3 Å². The molecule has 0 radical (unpaired) electrons. The molecule has 2 rings (SSSR count). The molecule has 0 aliphatic rings. The van der Waals surface area contributed by atoms with E-state index in [9.17, 15) is 9.90 Å². The number of carbonyl (C=O) groups excluding carboxylic acids is 1. The van der Waals surface area contributed by atoms with Crippen molar-refractivity contribution < 1.29 is 15.0 Å². The number of nitrogens with one attached hydrogen (secondary N) is 1. The van der Waals surface area contributed by atoms with Gasteiger partial charge in [0.25, 0.3) is 0 Å². The summed E-state index contributed by atoms with van der Waals surface area (Å²) in [5, 5.41) is 24.9. The third kappa shape index (κ3) is 7.89. The van der Waals surface area contributed by atoms with Crippen molar-refractivity contribution in [3.05, 3.63) is 71.0 Å². The molecule has 0 bridgehead atoms. The van der Waals surface area contributed by atoms with E-state index in [4.69, 9.17) is 5.11 Å². The second-order valence-corrected chi connectivity index (χ2v) is 6.07. The van der Waals surface area contributed by atoms with Crippen molar-refractivity contribution in [3.63, 3.8) is 0 Å². The lowest BCUT2D eigenvalue weighted by atomic mass is 10.0. The molecule has 0 heterocycles. The number of carbonyl (C=O) groups is 1. The fraction of sp³-hybridized carbons (Fsp3) is 0.318. The molecule has 146 valence electrons. The molecule has 0 aliphatic carbocycles. The van der Waals surface area contributed by atoms with Gasteiger partial charge >= 0.3 is 0 Å². The van der Waals surface area contributed by atoms with Crippen molar-refractivity contribution in [1.82, 2.24) is 5.32 Å². The van der Waals surface area contributed by atoms with Crippen LogP contribution >= 0.6 is 12.6 Å². The summed E-state index contributed by atoms with van der Waals surface area (Å²) in [5.41, 5.74) is 1.44. The zero-order chi connectivity index (χ0) is 20.1. The summed E-state index contributed by atoms with van der Waals surface area (Å²) in [6.07, 6.45) is 4.35. The molecule has 3 N–H and O–H groups in total. The van der Waals surface area contributed by atoms with Gasteiger partial charge in [-0.3, -0.25) is 4.79 Å². The molecular weight excluding hydrogens is 358 g/mol. The van der Waals surface area contributed by atoms with Crippen LogP contribution in [0.25, 0.3) is 10.8 Å². The number of aliphatic hydroxyl groups is 2. The minimum atomic E-state index is -0.532. The standard InChI is InChI=1S/C20H23NO3S.C2H6/c22-14-19(23)18(11-12-25)21-20(24)8-4-1-5-15-9-10-16-6-2-3-7-17(16)13-15;1-2/h2-3,6-7,9-13,22-23,25H,1,4-5,8,14H2,(H,21,24);1-2H3/b12-11-,19-18-;. The highest BCUT2D eigenvalue weighted by molar-refractivity contribution is 7.83. The molecule has 0 unspecified atom stereocenters. The minimum Gasteiger partial charge on any atom is -0.508 e. The van der Waals surface area contributed by atoms with Crippen LogP contribution in [0.1, 0.15) is 38.7 Å². The van der Waals surface area contributed by atoms with Crippen LogP contribution in [0.15, 0.2) is 65.4 Å². The molecule has 2 aromatic carbocycles.